The molecule has 2 N–H and O–H groups in total. The fraction of sp³-hybridized carbons (Fsp3) is 0.500. The van der Waals surface area contributed by atoms with E-state index in [0.717, 1.165) is 31.9 Å². The van der Waals surface area contributed by atoms with Crippen molar-refractivity contribution in [3.63, 3.8) is 0 Å². The topological polar surface area (TPSA) is 73.8 Å². The predicted octanol–water partition coefficient (Wildman–Crippen LogP) is 2.65. The van der Waals surface area contributed by atoms with Gasteiger partial charge in [-0.2, -0.15) is 0 Å². The summed E-state index contributed by atoms with van der Waals surface area (Å²) >= 11 is 0. The van der Waals surface area contributed by atoms with Crippen molar-refractivity contribution in [3.05, 3.63) is 35.4 Å². The van der Waals surface area contributed by atoms with Gasteiger partial charge in [0, 0.05) is 26.2 Å². The molecule has 2 rings (SSSR count). The van der Waals surface area contributed by atoms with E-state index in [1.165, 1.54) is 11.3 Å². The number of aliphatic imine (C=N–C) groups is 1. The van der Waals surface area contributed by atoms with E-state index in [1.807, 2.05) is 6.92 Å². The highest BCUT2D eigenvalue weighted by molar-refractivity contribution is 14.0. The Balaban J connectivity index is 0.00000312. The number of unbranched alkanes of at least 4 members (excludes halogenated alkanes) is 2. The molecule has 0 atom stereocenters. The predicted molar refractivity (Wildman–Crippen MR) is 111 cm³/mol. The average Bonchev–Trinajstić information content (AvgIpc) is 2.84. The number of amides is 2. The van der Waals surface area contributed by atoms with Gasteiger partial charge in [-0.05, 0) is 25.5 Å². The molecule has 0 saturated carbocycles. The van der Waals surface area contributed by atoms with Gasteiger partial charge in [-0.3, -0.25) is 19.5 Å². The number of imide groups is 1. The molecule has 0 aromatic heterocycles. The molecule has 1 aliphatic heterocycles. The number of carbonyl (C=O) groups is 2. The third-order valence-corrected chi connectivity index (χ3v) is 3.88. The number of hydrogen-bond donors (Lipinski definition) is 2. The minimum Gasteiger partial charge on any atom is -0.357 e. The highest BCUT2D eigenvalue weighted by Crippen LogP contribution is 2.21. The first-order valence-electron chi connectivity index (χ1n) is 8.66. The van der Waals surface area contributed by atoms with Crippen LogP contribution in [0.3, 0.4) is 0 Å². The Labute approximate surface area is 166 Å². The van der Waals surface area contributed by atoms with E-state index in [0.29, 0.717) is 24.2 Å². The van der Waals surface area contributed by atoms with Gasteiger partial charge in [-0.15, -0.1) is 24.0 Å². The van der Waals surface area contributed by atoms with Crippen molar-refractivity contribution in [3.8, 4) is 0 Å². The highest BCUT2D eigenvalue weighted by Gasteiger charge is 2.34. The molecule has 6 nitrogen and oxygen atoms in total. The van der Waals surface area contributed by atoms with Gasteiger partial charge in [0.25, 0.3) is 11.8 Å². The minimum atomic E-state index is -0.220. The Kier molecular flexibility index (Phi) is 9.48. The number of halogens is 1. The van der Waals surface area contributed by atoms with Crippen LogP contribution in [0.15, 0.2) is 29.3 Å². The lowest BCUT2D eigenvalue weighted by atomic mass is 10.1. The number of hydrogen-bond acceptors (Lipinski definition) is 3. The van der Waals surface area contributed by atoms with E-state index in [2.05, 4.69) is 22.5 Å². The first-order chi connectivity index (χ1) is 11.7. The zero-order chi connectivity index (χ0) is 17.4. The normalized spacial score (nSPS) is 13.5. The average molecular weight is 458 g/mol. The summed E-state index contributed by atoms with van der Waals surface area (Å²) in [5.74, 6) is 0.287. The summed E-state index contributed by atoms with van der Waals surface area (Å²) in [4.78, 5) is 30.4. The zero-order valence-electron chi connectivity index (χ0n) is 14.9. The van der Waals surface area contributed by atoms with Gasteiger partial charge in [0.05, 0.1) is 11.1 Å². The van der Waals surface area contributed by atoms with Gasteiger partial charge in [-0.1, -0.05) is 31.9 Å². The van der Waals surface area contributed by atoms with Gasteiger partial charge >= 0.3 is 0 Å². The van der Waals surface area contributed by atoms with Crippen LogP contribution in [0.5, 0.6) is 0 Å². The summed E-state index contributed by atoms with van der Waals surface area (Å²) in [5.41, 5.74) is 0.977. The highest BCUT2D eigenvalue weighted by atomic mass is 127. The van der Waals surface area contributed by atoms with E-state index in [4.69, 9.17) is 0 Å². The Morgan fingerprint density at radius 1 is 1.04 bits per heavy atom. The quantitative estimate of drug-likeness (QED) is 0.207. The molecule has 25 heavy (non-hydrogen) atoms. The standard InChI is InChI=1S/C18H26N4O2.HI/c1-3-5-8-11-20-18(19-4-2)21-12-13-22-16(23)14-9-6-7-10-15(14)17(22)24;/h6-7,9-10H,3-5,8,11-13H2,1-2H3,(H2,19,20,21);1H. The fourth-order valence-corrected chi connectivity index (χ4v) is 2.62. The number of guanidine groups is 1. The second kappa shape index (κ2) is 11.1. The third kappa shape index (κ3) is 5.69. The van der Waals surface area contributed by atoms with Gasteiger partial charge in [0.15, 0.2) is 5.96 Å². The SMILES string of the molecule is CCCCCN=C(NCC)NCCN1C(=O)c2ccccc2C1=O.I. The van der Waals surface area contributed by atoms with Crippen molar-refractivity contribution >= 4 is 41.8 Å². The van der Waals surface area contributed by atoms with E-state index in [-0.39, 0.29) is 35.8 Å². The first kappa shape index (κ1) is 21.4. The van der Waals surface area contributed by atoms with Gasteiger partial charge in [0.1, 0.15) is 0 Å². The molecule has 1 aliphatic rings. The molecule has 0 radical (unpaired) electrons. The number of fused-ring (bicyclic) bond motifs is 1. The maximum atomic E-state index is 12.3. The van der Waals surface area contributed by atoms with E-state index in [1.54, 1.807) is 24.3 Å². The molecule has 2 amide bonds. The molecule has 0 aliphatic carbocycles. The summed E-state index contributed by atoms with van der Waals surface area (Å²) in [6.07, 6.45) is 3.39. The van der Waals surface area contributed by atoms with Crippen molar-refractivity contribution in [2.75, 3.05) is 26.2 Å². The number of rotatable bonds is 8. The van der Waals surface area contributed by atoms with Gasteiger partial charge in [0.2, 0.25) is 0 Å². The number of nitrogens with zero attached hydrogens (tertiary/aromatic N) is 2. The van der Waals surface area contributed by atoms with Crippen molar-refractivity contribution in [2.45, 2.75) is 33.1 Å². The molecule has 0 spiro atoms. The Morgan fingerprint density at radius 2 is 1.68 bits per heavy atom. The molecule has 0 fully saturated rings. The third-order valence-electron chi connectivity index (χ3n) is 3.88. The lowest BCUT2D eigenvalue weighted by Gasteiger charge is -2.16. The molecule has 0 unspecified atom stereocenters. The molecular weight excluding hydrogens is 431 g/mol. The fourth-order valence-electron chi connectivity index (χ4n) is 2.62. The summed E-state index contributed by atoms with van der Waals surface area (Å²) in [5, 5.41) is 6.36. The van der Waals surface area contributed by atoms with Crippen LogP contribution in [0, 0.1) is 0 Å². The largest absolute Gasteiger partial charge is 0.357 e. The lowest BCUT2D eigenvalue weighted by molar-refractivity contribution is 0.0657. The van der Waals surface area contributed by atoms with Crippen LogP contribution in [-0.4, -0.2) is 48.9 Å². The lowest BCUT2D eigenvalue weighted by Crippen LogP contribution is -2.43. The number of benzene rings is 1. The second-order valence-electron chi connectivity index (χ2n) is 5.70. The second-order valence-corrected chi connectivity index (χ2v) is 5.70. The summed E-state index contributed by atoms with van der Waals surface area (Å²) in [7, 11) is 0. The van der Waals surface area contributed by atoms with Crippen LogP contribution >= 0.6 is 24.0 Å². The molecule has 138 valence electrons. The molecule has 0 saturated heterocycles. The smallest absolute Gasteiger partial charge is 0.261 e. The molecular formula is C18H27IN4O2. The van der Waals surface area contributed by atoms with Crippen molar-refractivity contribution in [2.24, 2.45) is 4.99 Å². The summed E-state index contributed by atoms with van der Waals surface area (Å²) in [6.45, 7) is 6.52. The minimum absolute atomic E-state index is 0. The van der Waals surface area contributed by atoms with Gasteiger partial charge < -0.3 is 10.6 Å². The molecule has 1 aromatic carbocycles. The van der Waals surface area contributed by atoms with Crippen LogP contribution in [-0.2, 0) is 0 Å². The van der Waals surface area contributed by atoms with Crippen LogP contribution in [0.2, 0.25) is 0 Å². The molecule has 1 aromatic rings. The first-order valence-corrected chi connectivity index (χ1v) is 8.66. The molecule has 1 heterocycles. The van der Waals surface area contributed by atoms with E-state index >= 15 is 0 Å². The maximum absolute atomic E-state index is 12.3. The van der Waals surface area contributed by atoms with E-state index < -0.39 is 0 Å². The van der Waals surface area contributed by atoms with Crippen molar-refractivity contribution in [1.82, 2.24) is 15.5 Å². The van der Waals surface area contributed by atoms with Crippen LogP contribution in [0.4, 0.5) is 0 Å². The monoisotopic (exact) mass is 458 g/mol. The molecule has 7 heteroatoms. The van der Waals surface area contributed by atoms with Crippen LogP contribution < -0.4 is 10.6 Å². The Bertz CT molecular complexity index is 584. The van der Waals surface area contributed by atoms with Crippen LogP contribution in [0.1, 0.15) is 53.8 Å². The summed E-state index contributed by atoms with van der Waals surface area (Å²) < 4.78 is 0. The van der Waals surface area contributed by atoms with Crippen molar-refractivity contribution < 1.29 is 9.59 Å². The van der Waals surface area contributed by atoms with Gasteiger partial charge in [-0.25, -0.2) is 0 Å². The number of nitrogens with one attached hydrogen (secondary N) is 2. The Morgan fingerprint density at radius 3 is 2.24 bits per heavy atom. The zero-order valence-corrected chi connectivity index (χ0v) is 17.2. The van der Waals surface area contributed by atoms with E-state index in [9.17, 15) is 9.59 Å². The van der Waals surface area contributed by atoms with Crippen LogP contribution in [0.25, 0.3) is 0 Å². The number of carbonyl (C=O) groups excluding carboxylic acids is 2. The maximum Gasteiger partial charge on any atom is 0.261 e. The van der Waals surface area contributed by atoms with Crippen molar-refractivity contribution in [1.29, 1.82) is 0 Å². The molecule has 0 bridgehead atoms. The Hall–Kier alpha value is -1.64. The summed E-state index contributed by atoms with van der Waals surface area (Å²) in [6, 6.07) is 6.94.